The van der Waals surface area contributed by atoms with E-state index in [4.69, 9.17) is 14.5 Å². The van der Waals surface area contributed by atoms with Crippen molar-refractivity contribution in [2.24, 2.45) is 5.92 Å². The number of halogens is 6. The van der Waals surface area contributed by atoms with Crippen molar-refractivity contribution in [3.63, 3.8) is 0 Å². The van der Waals surface area contributed by atoms with Gasteiger partial charge in [-0.2, -0.15) is 26.3 Å². The van der Waals surface area contributed by atoms with E-state index in [0.717, 1.165) is 25.1 Å². The Morgan fingerprint density at radius 1 is 0.958 bits per heavy atom. The van der Waals surface area contributed by atoms with Gasteiger partial charge in [-0.15, -0.1) is 0 Å². The van der Waals surface area contributed by atoms with Crippen LogP contribution >= 0.6 is 0 Å². The molecule has 14 heteroatoms. The molecule has 0 spiro atoms. The van der Waals surface area contributed by atoms with E-state index in [0.29, 0.717) is 59.8 Å². The van der Waals surface area contributed by atoms with Crippen LogP contribution in [-0.4, -0.2) is 53.3 Å². The number of ether oxygens (including phenoxy) is 2. The molecule has 2 aromatic carbocycles. The van der Waals surface area contributed by atoms with E-state index in [1.807, 2.05) is 29.2 Å². The van der Waals surface area contributed by atoms with E-state index in [9.17, 15) is 41.0 Å². The molecule has 0 bridgehead atoms. The molecule has 1 N–H and O–H groups in total. The highest BCUT2D eigenvalue weighted by atomic mass is 19.4. The SMILES string of the molecule is COc1ccc(C2CCC(C(=O)O)C2)cc1-c1ccc(N2CCC2)nc1CN1C(=O)OC(c2cc(C(F)(F)F)cc(C(F)(F)F)c2)C1C. The van der Waals surface area contributed by atoms with Crippen LogP contribution in [0.4, 0.5) is 37.0 Å². The van der Waals surface area contributed by atoms with Crippen molar-refractivity contribution in [2.45, 2.75) is 69.6 Å². The van der Waals surface area contributed by atoms with Gasteiger partial charge in [-0.05, 0) is 92.1 Å². The standard InChI is InChI=1S/C34H33F6N3O5/c1-18-30(22-13-23(33(35,36)37)16-24(14-22)34(38,39)40)48-32(46)43(18)17-27-25(7-9-29(41-27)42-10-3-11-42)26-15-20(6-8-28(26)47-2)19-4-5-21(12-19)31(44)45/h6-9,13-16,18-19,21,30H,3-5,10-12,17H2,1-2H3,(H,44,45). The van der Waals surface area contributed by atoms with E-state index in [2.05, 4.69) is 0 Å². The van der Waals surface area contributed by atoms with Crippen LogP contribution in [0.2, 0.25) is 0 Å². The number of alkyl halides is 6. The number of amides is 1. The predicted octanol–water partition coefficient (Wildman–Crippen LogP) is 8.06. The van der Waals surface area contributed by atoms with Gasteiger partial charge in [0.25, 0.3) is 0 Å². The molecule has 1 saturated carbocycles. The van der Waals surface area contributed by atoms with E-state index in [1.165, 1.54) is 18.9 Å². The number of hydrogen-bond donors (Lipinski definition) is 1. The first-order valence-electron chi connectivity index (χ1n) is 15.6. The molecule has 0 radical (unpaired) electrons. The highest BCUT2D eigenvalue weighted by molar-refractivity contribution is 5.76. The molecule has 256 valence electrons. The zero-order valence-corrected chi connectivity index (χ0v) is 26.1. The summed E-state index contributed by atoms with van der Waals surface area (Å²) in [7, 11) is 1.50. The summed E-state index contributed by atoms with van der Waals surface area (Å²) in [5.41, 5.74) is -0.814. The minimum absolute atomic E-state index is 0.0101. The number of anilines is 1. The van der Waals surface area contributed by atoms with Crippen LogP contribution in [0, 0.1) is 5.92 Å². The van der Waals surface area contributed by atoms with E-state index in [1.54, 1.807) is 6.07 Å². The number of carbonyl (C=O) groups is 2. The smallest absolute Gasteiger partial charge is 0.416 e. The zero-order chi connectivity index (χ0) is 34.5. The van der Waals surface area contributed by atoms with Gasteiger partial charge in [0.1, 0.15) is 17.7 Å². The Morgan fingerprint density at radius 2 is 1.65 bits per heavy atom. The number of carboxylic acid groups (broad SMARTS) is 1. The molecular formula is C34H33F6N3O5. The third-order valence-corrected chi connectivity index (χ3v) is 9.56. The van der Waals surface area contributed by atoms with Gasteiger partial charge in [-0.1, -0.05) is 6.07 Å². The predicted molar refractivity (Wildman–Crippen MR) is 161 cm³/mol. The lowest BCUT2D eigenvalue weighted by Gasteiger charge is -2.33. The first-order chi connectivity index (χ1) is 22.6. The Balaban J connectivity index is 1.37. The number of rotatable bonds is 8. The van der Waals surface area contributed by atoms with E-state index in [-0.39, 0.29) is 18.5 Å². The topological polar surface area (TPSA) is 92.2 Å². The van der Waals surface area contributed by atoms with Gasteiger partial charge in [0.05, 0.1) is 42.4 Å². The summed E-state index contributed by atoms with van der Waals surface area (Å²) in [5.74, 6) is -0.0994. The molecule has 3 heterocycles. The average molecular weight is 678 g/mol. The van der Waals surface area contributed by atoms with Crippen LogP contribution in [-0.2, 0) is 28.4 Å². The molecule has 8 nitrogen and oxygen atoms in total. The summed E-state index contributed by atoms with van der Waals surface area (Å²) in [6.45, 7) is 2.90. The molecule has 3 aliphatic rings. The Labute approximate surface area is 272 Å². The van der Waals surface area contributed by atoms with Gasteiger partial charge in [-0.3, -0.25) is 9.69 Å². The first kappa shape index (κ1) is 33.4. The first-order valence-corrected chi connectivity index (χ1v) is 15.6. The van der Waals surface area contributed by atoms with Gasteiger partial charge in [0.2, 0.25) is 0 Å². The third-order valence-electron chi connectivity index (χ3n) is 9.56. The number of pyridine rings is 1. The van der Waals surface area contributed by atoms with Crippen LogP contribution in [0.3, 0.4) is 0 Å². The molecule has 6 rings (SSSR count). The quantitative estimate of drug-likeness (QED) is 0.241. The van der Waals surface area contributed by atoms with Crippen molar-refractivity contribution in [3.05, 3.63) is 76.5 Å². The van der Waals surface area contributed by atoms with Crippen molar-refractivity contribution in [2.75, 3.05) is 25.1 Å². The number of aliphatic carboxylic acids is 1. The van der Waals surface area contributed by atoms with E-state index < -0.39 is 59.2 Å². The van der Waals surface area contributed by atoms with Crippen LogP contribution in [0.15, 0.2) is 48.5 Å². The normalized spacial score (nSPS) is 22.9. The van der Waals surface area contributed by atoms with Crippen LogP contribution in [0.1, 0.15) is 72.6 Å². The summed E-state index contributed by atoms with van der Waals surface area (Å²) < 4.78 is 92.8. The van der Waals surface area contributed by atoms with Crippen molar-refractivity contribution >= 4 is 17.9 Å². The Hall–Kier alpha value is -4.49. The van der Waals surface area contributed by atoms with Crippen LogP contribution in [0.5, 0.6) is 5.75 Å². The minimum Gasteiger partial charge on any atom is -0.496 e. The Bertz CT molecular complexity index is 1690. The van der Waals surface area contributed by atoms with Crippen molar-refractivity contribution in [1.82, 2.24) is 9.88 Å². The molecule has 1 aliphatic carbocycles. The fraction of sp³-hybridized carbons (Fsp3) is 0.441. The second-order valence-electron chi connectivity index (χ2n) is 12.5. The summed E-state index contributed by atoms with van der Waals surface area (Å²) in [4.78, 5) is 33.0. The highest BCUT2D eigenvalue weighted by Crippen LogP contribution is 2.44. The molecule has 1 amide bonds. The number of aromatic nitrogens is 1. The summed E-state index contributed by atoms with van der Waals surface area (Å²) >= 11 is 0. The van der Waals surface area contributed by atoms with Gasteiger partial charge in [-0.25, -0.2) is 9.78 Å². The fourth-order valence-electron chi connectivity index (χ4n) is 6.74. The molecule has 48 heavy (non-hydrogen) atoms. The van der Waals surface area contributed by atoms with Crippen molar-refractivity contribution in [3.8, 4) is 16.9 Å². The van der Waals surface area contributed by atoms with Gasteiger partial charge in [0, 0.05) is 24.2 Å². The molecule has 3 fully saturated rings. The number of carbonyl (C=O) groups excluding carboxylic acids is 1. The lowest BCUT2D eigenvalue weighted by Crippen LogP contribution is -2.38. The Kier molecular flexibility index (Phi) is 8.71. The van der Waals surface area contributed by atoms with E-state index >= 15 is 0 Å². The van der Waals surface area contributed by atoms with Crippen LogP contribution in [0.25, 0.3) is 11.1 Å². The van der Waals surface area contributed by atoms with Crippen molar-refractivity contribution < 1.29 is 50.5 Å². The van der Waals surface area contributed by atoms with Crippen LogP contribution < -0.4 is 9.64 Å². The molecule has 1 aromatic heterocycles. The monoisotopic (exact) mass is 677 g/mol. The largest absolute Gasteiger partial charge is 0.496 e. The fourth-order valence-corrected chi connectivity index (χ4v) is 6.74. The second kappa shape index (κ2) is 12.5. The summed E-state index contributed by atoms with van der Waals surface area (Å²) in [5, 5.41) is 9.52. The number of cyclic esters (lactones) is 1. The highest BCUT2D eigenvalue weighted by Gasteiger charge is 2.44. The maximum Gasteiger partial charge on any atom is 0.416 e. The molecule has 2 saturated heterocycles. The minimum atomic E-state index is -5.06. The lowest BCUT2D eigenvalue weighted by molar-refractivity contribution is -0.143. The Morgan fingerprint density at radius 3 is 2.21 bits per heavy atom. The molecular weight excluding hydrogens is 644 g/mol. The second-order valence-corrected chi connectivity index (χ2v) is 12.5. The van der Waals surface area contributed by atoms with Gasteiger partial charge >= 0.3 is 24.4 Å². The molecule has 3 aromatic rings. The van der Waals surface area contributed by atoms with Crippen molar-refractivity contribution in [1.29, 1.82) is 0 Å². The molecule has 2 aliphatic heterocycles. The number of nitrogens with zero attached hydrogens (tertiary/aromatic N) is 3. The van der Waals surface area contributed by atoms with Gasteiger partial charge < -0.3 is 19.5 Å². The maximum absolute atomic E-state index is 13.6. The summed E-state index contributed by atoms with van der Waals surface area (Å²) in [6, 6.07) is 9.54. The number of hydrogen-bond acceptors (Lipinski definition) is 6. The number of carboxylic acids is 1. The number of benzene rings is 2. The number of methoxy groups -OCH3 is 1. The van der Waals surface area contributed by atoms with Gasteiger partial charge in [0.15, 0.2) is 0 Å². The molecule has 4 unspecified atom stereocenters. The third kappa shape index (κ3) is 6.48. The lowest BCUT2D eigenvalue weighted by atomic mass is 9.91. The average Bonchev–Trinajstić information content (AvgIpc) is 3.61. The zero-order valence-electron chi connectivity index (χ0n) is 26.1. The molecule has 4 atom stereocenters. The summed E-state index contributed by atoms with van der Waals surface area (Å²) in [6.07, 6.45) is -9.71. The maximum atomic E-state index is 13.6.